The normalized spacial score (nSPS) is 21.0. The van der Waals surface area contributed by atoms with Gasteiger partial charge in [-0.2, -0.15) is 13.2 Å². The van der Waals surface area contributed by atoms with Gasteiger partial charge >= 0.3 is 13.3 Å². The Hall–Kier alpha value is -0.225. The fraction of sp³-hybridized carbons (Fsp3) is 1.00. The maximum Gasteiger partial charge on any atom is 0.457 e. The number of halogens is 3. The topological polar surface area (TPSA) is 18.5 Å². The molecule has 0 atom stereocenters. The van der Waals surface area contributed by atoms with Crippen LogP contribution in [0.15, 0.2) is 0 Å². The van der Waals surface area contributed by atoms with Crippen molar-refractivity contribution in [1.82, 2.24) is 0 Å². The van der Waals surface area contributed by atoms with Crippen molar-refractivity contribution in [2.75, 3.05) is 0 Å². The number of hydrogen-bond donors (Lipinski definition) is 0. The van der Waals surface area contributed by atoms with Crippen LogP contribution in [0.5, 0.6) is 0 Å². The number of alkyl halides is 3. The van der Waals surface area contributed by atoms with Gasteiger partial charge in [-0.1, -0.05) is 34.1 Å². The quantitative estimate of drug-likeness (QED) is 0.641. The van der Waals surface area contributed by atoms with E-state index in [-0.39, 0.29) is 6.42 Å². The van der Waals surface area contributed by atoms with Crippen LogP contribution in [0.1, 0.15) is 68.2 Å². The lowest BCUT2D eigenvalue weighted by molar-refractivity contribution is -0.213. The molecule has 0 N–H and O–H groups in total. The van der Waals surface area contributed by atoms with Crippen molar-refractivity contribution in [3.63, 3.8) is 0 Å². The Morgan fingerprint density at radius 1 is 0.905 bits per heavy atom. The summed E-state index contributed by atoms with van der Waals surface area (Å²) < 4.78 is 49.7. The minimum atomic E-state index is -4.16. The van der Waals surface area contributed by atoms with Crippen LogP contribution in [-0.2, 0) is 9.31 Å². The predicted octanol–water partition coefficient (Wildman–Crippen LogP) is 5.47. The molecule has 0 saturated carbocycles. The van der Waals surface area contributed by atoms with E-state index < -0.39 is 29.9 Å². The highest BCUT2D eigenvalue weighted by molar-refractivity contribution is 6.45. The Kier molecular flexibility index (Phi) is 6.83. The summed E-state index contributed by atoms with van der Waals surface area (Å²) >= 11 is 0. The fourth-order valence-corrected chi connectivity index (χ4v) is 1.94. The molecule has 126 valence electrons. The summed E-state index contributed by atoms with van der Waals surface area (Å²) in [6, 6.07) is 0. The molecule has 21 heavy (non-hydrogen) atoms. The molecule has 0 spiro atoms. The van der Waals surface area contributed by atoms with E-state index in [1.54, 1.807) is 0 Å². The first-order valence-corrected chi connectivity index (χ1v) is 7.71. The molecule has 1 aliphatic rings. The zero-order valence-corrected chi connectivity index (χ0v) is 14.6. The van der Waals surface area contributed by atoms with Gasteiger partial charge in [-0.3, -0.25) is 0 Å². The van der Waals surface area contributed by atoms with Crippen LogP contribution in [0.4, 0.5) is 13.2 Å². The summed E-state index contributed by atoms with van der Waals surface area (Å²) in [4.78, 5) is 0. The van der Waals surface area contributed by atoms with Crippen LogP contribution in [-0.4, -0.2) is 24.5 Å². The zero-order chi connectivity index (χ0) is 17.1. The van der Waals surface area contributed by atoms with Gasteiger partial charge in [-0.05, 0) is 40.4 Å². The van der Waals surface area contributed by atoms with Crippen molar-refractivity contribution in [3.05, 3.63) is 0 Å². The van der Waals surface area contributed by atoms with Gasteiger partial charge in [0.05, 0.1) is 16.6 Å². The second kappa shape index (κ2) is 6.90. The summed E-state index contributed by atoms with van der Waals surface area (Å²) in [5, 5.41) is 0. The highest BCUT2D eigenvalue weighted by atomic mass is 19.4. The minimum Gasteiger partial charge on any atom is -0.403 e. The van der Waals surface area contributed by atoms with E-state index in [0.717, 1.165) is 0 Å². The molecule has 1 aliphatic heterocycles. The van der Waals surface area contributed by atoms with Crippen molar-refractivity contribution in [1.29, 1.82) is 0 Å². The molecule has 1 heterocycles. The maximum absolute atomic E-state index is 12.7. The Balaban J connectivity index is 0.00000191. The third-order valence-corrected chi connectivity index (χ3v) is 4.31. The molecule has 1 saturated heterocycles. The third kappa shape index (κ3) is 5.17. The lowest BCUT2D eigenvalue weighted by atomic mass is 9.77. The average Bonchev–Trinajstić information content (AvgIpc) is 2.48. The van der Waals surface area contributed by atoms with Gasteiger partial charge in [0.1, 0.15) is 0 Å². The van der Waals surface area contributed by atoms with E-state index in [9.17, 15) is 13.2 Å². The van der Waals surface area contributed by atoms with Crippen LogP contribution in [0, 0.1) is 5.41 Å². The largest absolute Gasteiger partial charge is 0.457 e. The molecule has 0 bridgehead atoms. The van der Waals surface area contributed by atoms with E-state index in [1.165, 1.54) is 13.8 Å². The molecule has 6 heteroatoms. The minimum absolute atomic E-state index is 0.0839. The monoisotopic (exact) mass is 310 g/mol. The van der Waals surface area contributed by atoms with Crippen LogP contribution < -0.4 is 0 Å². The molecule has 0 amide bonds. The van der Waals surface area contributed by atoms with Crippen molar-refractivity contribution in [2.24, 2.45) is 5.41 Å². The predicted molar refractivity (Wildman–Crippen MR) is 81.3 cm³/mol. The highest BCUT2D eigenvalue weighted by Gasteiger charge is 2.51. The van der Waals surface area contributed by atoms with Crippen LogP contribution in [0.3, 0.4) is 0 Å². The second-order valence-corrected chi connectivity index (χ2v) is 6.96. The molecule has 0 aromatic heterocycles. The molecule has 1 fully saturated rings. The first kappa shape index (κ1) is 20.8. The van der Waals surface area contributed by atoms with Gasteiger partial charge in [0.25, 0.3) is 0 Å². The van der Waals surface area contributed by atoms with Gasteiger partial charge in [0, 0.05) is 0 Å². The summed E-state index contributed by atoms with van der Waals surface area (Å²) in [6.45, 7) is 14.2. The zero-order valence-electron chi connectivity index (χ0n) is 14.6. The lowest BCUT2D eigenvalue weighted by Crippen LogP contribution is -2.41. The summed E-state index contributed by atoms with van der Waals surface area (Å²) in [5.41, 5.74) is -2.49. The van der Waals surface area contributed by atoms with Crippen LogP contribution in [0.2, 0.25) is 6.32 Å². The summed E-state index contributed by atoms with van der Waals surface area (Å²) in [7, 11) is -0.408. The van der Waals surface area contributed by atoms with Gasteiger partial charge in [-0.25, -0.2) is 0 Å². The SMILES string of the molecule is CC.CC(C)(CCCB1OC(C)(C)C(C)(C)O1)C(F)(F)F. The highest BCUT2D eigenvalue weighted by Crippen LogP contribution is 2.43. The van der Waals surface area contributed by atoms with Gasteiger partial charge in [0.15, 0.2) is 0 Å². The molecular weight excluding hydrogens is 280 g/mol. The van der Waals surface area contributed by atoms with E-state index >= 15 is 0 Å². The first-order valence-electron chi connectivity index (χ1n) is 7.71. The summed E-state index contributed by atoms with van der Waals surface area (Å²) in [6.07, 6.45) is -3.15. The smallest absolute Gasteiger partial charge is 0.403 e. The summed E-state index contributed by atoms with van der Waals surface area (Å²) in [5.74, 6) is 0. The molecule has 0 aliphatic carbocycles. The lowest BCUT2D eigenvalue weighted by Gasteiger charge is -2.32. The maximum atomic E-state index is 12.7. The molecule has 0 aromatic carbocycles. The molecule has 0 radical (unpaired) electrons. The Morgan fingerprint density at radius 2 is 1.29 bits per heavy atom. The first-order chi connectivity index (χ1) is 9.29. The Labute approximate surface area is 127 Å². The molecule has 1 rings (SSSR count). The second-order valence-electron chi connectivity index (χ2n) is 6.96. The average molecular weight is 310 g/mol. The number of rotatable bonds is 4. The van der Waals surface area contributed by atoms with Crippen molar-refractivity contribution < 1.29 is 22.5 Å². The van der Waals surface area contributed by atoms with Crippen molar-refractivity contribution in [3.8, 4) is 0 Å². The molecule has 0 aromatic rings. The van der Waals surface area contributed by atoms with E-state index in [1.807, 2.05) is 41.5 Å². The van der Waals surface area contributed by atoms with Gasteiger partial charge in [0.2, 0.25) is 0 Å². The van der Waals surface area contributed by atoms with Crippen molar-refractivity contribution >= 4 is 7.12 Å². The van der Waals surface area contributed by atoms with Crippen molar-refractivity contribution in [2.45, 2.75) is 91.9 Å². The van der Waals surface area contributed by atoms with E-state index in [0.29, 0.717) is 12.7 Å². The fourth-order valence-electron chi connectivity index (χ4n) is 1.94. The van der Waals surface area contributed by atoms with Gasteiger partial charge < -0.3 is 9.31 Å². The Morgan fingerprint density at radius 3 is 1.62 bits per heavy atom. The van der Waals surface area contributed by atoms with Gasteiger partial charge in [-0.15, -0.1) is 0 Å². The van der Waals surface area contributed by atoms with Crippen LogP contribution in [0.25, 0.3) is 0 Å². The number of hydrogen-bond acceptors (Lipinski definition) is 2. The molecular formula is C15H30BF3O2. The van der Waals surface area contributed by atoms with E-state index in [4.69, 9.17) is 9.31 Å². The van der Waals surface area contributed by atoms with E-state index in [2.05, 4.69) is 0 Å². The molecule has 0 unspecified atom stereocenters. The standard InChI is InChI=1S/C13H24BF3O2.C2H6/c1-10(2,13(15,16)17)8-7-9-14-18-11(3,4)12(5,6)19-14;1-2/h7-9H2,1-6H3;1-2H3. The van der Waals surface area contributed by atoms with Crippen LogP contribution >= 0.6 is 0 Å². The molecule has 2 nitrogen and oxygen atoms in total. The third-order valence-electron chi connectivity index (χ3n) is 4.31. The Bertz CT molecular complexity index is 309.